The van der Waals surface area contributed by atoms with E-state index in [2.05, 4.69) is 5.32 Å². The highest BCUT2D eigenvalue weighted by Crippen LogP contribution is 2.23. The first-order valence-electron chi connectivity index (χ1n) is 7.69. The van der Waals surface area contributed by atoms with Crippen LogP contribution in [-0.4, -0.2) is 36.2 Å². The lowest BCUT2D eigenvalue weighted by atomic mass is 9.82. The number of carboxylic acid groups (broad SMARTS) is 1. The van der Waals surface area contributed by atoms with E-state index in [-0.39, 0.29) is 25.2 Å². The molecular formula is C17H23NO4. The summed E-state index contributed by atoms with van der Waals surface area (Å²) in [5.74, 6) is -1.23. The third-order valence-corrected chi connectivity index (χ3v) is 4.27. The fourth-order valence-corrected chi connectivity index (χ4v) is 2.68. The minimum atomic E-state index is -1.15. The predicted octanol–water partition coefficient (Wildman–Crippen LogP) is 2.10. The number of carboxylic acids is 1. The van der Waals surface area contributed by atoms with Gasteiger partial charge in [0.2, 0.25) is 5.91 Å². The number of ether oxygens (including phenoxy) is 1. The lowest BCUT2D eigenvalue weighted by Gasteiger charge is -2.25. The van der Waals surface area contributed by atoms with Crippen molar-refractivity contribution >= 4 is 11.9 Å². The minimum absolute atomic E-state index is 0.00481. The van der Waals surface area contributed by atoms with E-state index in [0.29, 0.717) is 5.56 Å². The Morgan fingerprint density at radius 3 is 2.50 bits per heavy atom. The zero-order chi connectivity index (χ0) is 16.0. The number of benzene rings is 1. The third kappa shape index (κ3) is 4.07. The fraction of sp³-hybridized carbons (Fsp3) is 0.529. The van der Waals surface area contributed by atoms with Gasteiger partial charge < -0.3 is 15.2 Å². The van der Waals surface area contributed by atoms with E-state index < -0.39 is 11.4 Å². The highest BCUT2D eigenvalue weighted by Gasteiger charge is 2.35. The van der Waals surface area contributed by atoms with Gasteiger partial charge in [-0.25, -0.2) is 0 Å². The molecule has 0 aliphatic heterocycles. The third-order valence-electron chi connectivity index (χ3n) is 4.27. The molecule has 1 fully saturated rings. The Bertz CT molecular complexity index is 511. The smallest absolute Gasteiger partial charge is 0.315 e. The fourth-order valence-electron chi connectivity index (χ4n) is 2.68. The molecule has 5 nitrogen and oxygen atoms in total. The lowest BCUT2D eigenvalue weighted by molar-refractivity contribution is -0.143. The van der Waals surface area contributed by atoms with Crippen LogP contribution >= 0.6 is 0 Å². The molecule has 0 aromatic heterocycles. The van der Waals surface area contributed by atoms with E-state index in [1.807, 2.05) is 6.07 Å². The second-order valence-corrected chi connectivity index (χ2v) is 6.00. The van der Waals surface area contributed by atoms with Crippen LogP contribution < -0.4 is 5.32 Å². The Kier molecular flexibility index (Phi) is 5.55. The van der Waals surface area contributed by atoms with Gasteiger partial charge in [0.25, 0.3) is 0 Å². The monoisotopic (exact) mass is 305 g/mol. The van der Waals surface area contributed by atoms with E-state index in [1.165, 1.54) is 0 Å². The normalized spacial score (nSPS) is 17.9. The maximum Gasteiger partial charge on any atom is 0.315 e. The molecule has 1 aromatic rings. The van der Waals surface area contributed by atoms with Crippen molar-refractivity contribution in [2.75, 3.05) is 13.2 Å². The highest BCUT2D eigenvalue weighted by atomic mass is 16.5. The summed E-state index contributed by atoms with van der Waals surface area (Å²) >= 11 is 0. The number of rotatable bonds is 7. The molecule has 1 unspecified atom stereocenters. The summed E-state index contributed by atoms with van der Waals surface area (Å²) in [6.45, 7) is 1.65. The quantitative estimate of drug-likeness (QED) is 0.809. The van der Waals surface area contributed by atoms with Gasteiger partial charge >= 0.3 is 5.97 Å². The number of nitrogens with one attached hydrogen (secondary N) is 1. The van der Waals surface area contributed by atoms with Crippen LogP contribution in [0.4, 0.5) is 0 Å². The molecule has 0 bridgehead atoms. The zero-order valence-corrected chi connectivity index (χ0v) is 12.9. The van der Waals surface area contributed by atoms with Crippen LogP contribution in [0.3, 0.4) is 0 Å². The van der Waals surface area contributed by atoms with E-state index in [9.17, 15) is 14.7 Å². The molecule has 1 amide bonds. The second kappa shape index (κ2) is 7.40. The number of hydrogen-bond donors (Lipinski definition) is 2. The van der Waals surface area contributed by atoms with Gasteiger partial charge in [-0.1, -0.05) is 43.2 Å². The lowest BCUT2D eigenvalue weighted by Crippen LogP contribution is -2.45. The van der Waals surface area contributed by atoms with Crippen LogP contribution in [0.5, 0.6) is 0 Å². The van der Waals surface area contributed by atoms with Gasteiger partial charge in [-0.2, -0.15) is 0 Å². The van der Waals surface area contributed by atoms with Gasteiger partial charge in [-0.05, 0) is 25.3 Å². The van der Waals surface area contributed by atoms with Crippen molar-refractivity contribution < 1.29 is 19.4 Å². The maximum absolute atomic E-state index is 11.9. The highest BCUT2D eigenvalue weighted by molar-refractivity contribution is 5.83. The van der Waals surface area contributed by atoms with Crippen LogP contribution in [0, 0.1) is 0 Å². The largest absolute Gasteiger partial charge is 0.481 e. The topological polar surface area (TPSA) is 75.6 Å². The van der Waals surface area contributed by atoms with Gasteiger partial charge in [0.1, 0.15) is 12.0 Å². The first-order chi connectivity index (χ1) is 10.5. The van der Waals surface area contributed by atoms with Crippen molar-refractivity contribution in [3.63, 3.8) is 0 Å². The summed E-state index contributed by atoms with van der Waals surface area (Å²) < 4.78 is 5.54. The number of carbonyl (C=O) groups excluding carboxylic acids is 1. The first kappa shape index (κ1) is 16.5. The summed E-state index contributed by atoms with van der Waals surface area (Å²) in [5.41, 5.74) is -0.482. The molecule has 0 saturated heterocycles. The van der Waals surface area contributed by atoms with Crippen LogP contribution in [0.15, 0.2) is 30.3 Å². The summed E-state index contributed by atoms with van der Waals surface area (Å²) in [7, 11) is 0. The zero-order valence-electron chi connectivity index (χ0n) is 12.9. The van der Waals surface area contributed by atoms with Gasteiger partial charge in [0, 0.05) is 6.54 Å². The number of hydrogen-bond acceptors (Lipinski definition) is 3. The van der Waals surface area contributed by atoms with Gasteiger partial charge in [-0.3, -0.25) is 9.59 Å². The van der Waals surface area contributed by atoms with E-state index in [0.717, 1.165) is 25.7 Å². The van der Waals surface area contributed by atoms with Crippen molar-refractivity contribution in [1.29, 1.82) is 0 Å². The molecule has 1 aliphatic rings. The number of aliphatic carboxylic acids is 1. The average Bonchev–Trinajstić information content (AvgIpc) is 3.04. The molecular weight excluding hydrogens is 282 g/mol. The Morgan fingerprint density at radius 2 is 1.91 bits per heavy atom. The number of carbonyl (C=O) groups is 2. The Morgan fingerprint density at radius 1 is 1.27 bits per heavy atom. The van der Waals surface area contributed by atoms with Crippen molar-refractivity contribution in [3.8, 4) is 0 Å². The summed E-state index contributed by atoms with van der Waals surface area (Å²) in [5, 5.41) is 12.2. The molecule has 1 aromatic carbocycles. The molecule has 0 spiro atoms. The SMILES string of the molecule is CC(CNC(=O)COC1CCCC1)(C(=O)O)c1ccccc1. The summed E-state index contributed by atoms with van der Waals surface area (Å²) in [6, 6.07) is 8.94. The Hall–Kier alpha value is -1.88. The first-order valence-corrected chi connectivity index (χ1v) is 7.69. The molecule has 1 aliphatic carbocycles. The number of amides is 1. The predicted molar refractivity (Wildman–Crippen MR) is 82.6 cm³/mol. The van der Waals surface area contributed by atoms with Crippen molar-refractivity contribution in [2.24, 2.45) is 0 Å². The van der Waals surface area contributed by atoms with E-state index in [4.69, 9.17) is 4.74 Å². The van der Waals surface area contributed by atoms with Crippen LogP contribution in [0.2, 0.25) is 0 Å². The summed E-state index contributed by atoms with van der Waals surface area (Å²) in [4.78, 5) is 23.5. The molecule has 2 N–H and O–H groups in total. The van der Waals surface area contributed by atoms with Crippen molar-refractivity contribution in [3.05, 3.63) is 35.9 Å². The van der Waals surface area contributed by atoms with Crippen molar-refractivity contribution in [2.45, 2.75) is 44.1 Å². The Labute approximate surface area is 130 Å². The summed E-state index contributed by atoms with van der Waals surface area (Å²) in [6.07, 6.45) is 4.48. The minimum Gasteiger partial charge on any atom is -0.481 e. The standard InChI is InChI=1S/C17H23NO4/c1-17(16(20)21,13-7-3-2-4-8-13)12-18-15(19)11-22-14-9-5-6-10-14/h2-4,7-8,14H,5-6,9-12H2,1H3,(H,18,19)(H,20,21). The molecule has 0 radical (unpaired) electrons. The molecule has 5 heteroatoms. The molecule has 1 saturated carbocycles. The van der Waals surface area contributed by atoms with Crippen LogP contribution in [-0.2, 0) is 19.7 Å². The van der Waals surface area contributed by atoms with E-state index in [1.54, 1.807) is 31.2 Å². The van der Waals surface area contributed by atoms with Gasteiger partial charge in [0.05, 0.1) is 6.10 Å². The van der Waals surface area contributed by atoms with Gasteiger partial charge in [0.15, 0.2) is 0 Å². The molecule has 1 atom stereocenters. The maximum atomic E-state index is 11.9. The second-order valence-electron chi connectivity index (χ2n) is 6.00. The average molecular weight is 305 g/mol. The molecule has 0 heterocycles. The molecule has 22 heavy (non-hydrogen) atoms. The van der Waals surface area contributed by atoms with E-state index >= 15 is 0 Å². The van der Waals surface area contributed by atoms with Crippen molar-refractivity contribution in [1.82, 2.24) is 5.32 Å². The molecule has 120 valence electrons. The van der Waals surface area contributed by atoms with Crippen LogP contribution in [0.25, 0.3) is 0 Å². The molecule has 2 rings (SSSR count). The van der Waals surface area contributed by atoms with Gasteiger partial charge in [-0.15, -0.1) is 0 Å². The Balaban J connectivity index is 1.88. The van der Waals surface area contributed by atoms with Crippen LogP contribution in [0.1, 0.15) is 38.2 Å².